The monoisotopic (exact) mass is 466 g/mol. The first-order valence-corrected chi connectivity index (χ1v) is 10.7. The fourth-order valence-electron chi connectivity index (χ4n) is 3.75. The van der Waals surface area contributed by atoms with Crippen LogP contribution in [0.25, 0.3) is 11.4 Å². The summed E-state index contributed by atoms with van der Waals surface area (Å²) >= 11 is 6.02. The summed E-state index contributed by atoms with van der Waals surface area (Å²) in [5, 5.41) is 13.8. The van der Waals surface area contributed by atoms with Crippen LogP contribution in [0.2, 0.25) is 5.02 Å². The summed E-state index contributed by atoms with van der Waals surface area (Å²) in [6.45, 7) is 3.95. The minimum atomic E-state index is -0.924. The Morgan fingerprint density at radius 3 is 2.64 bits per heavy atom. The maximum absolute atomic E-state index is 13.1. The van der Waals surface area contributed by atoms with Gasteiger partial charge in [0.2, 0.25) is 11.7 Å². The van der Waals surface area contributed by atoms with Crippen molar-refractivity contribution in [1.82, 2.24) is 15.1 Å². The van der Waals surface area contributed by atoms with Crippen LogP contribution in [0.3, 0.4) is 0 Å². The standard InChI is InChI=1S/C22H19ClN6O4/c1-12(2)32-16-8-6-13(7-9-16)20-24-17(33-26-20)11-28-19-18(25-27-28)21(30)29(22(19)31)15-5-3-4-14(23)10-15/h3-10,12,18-19H,11H2,1-2H3/t18-,19+/m0/s1. The molecule has 0 unspecified atom stereocenters. The van der Waals surface area contributed by atoms with E-state index in [2.05, 4.69) is 20.5 Å². The summed E-state index contributed by atoms with van der Waals surface area (Å²) in [5.74, 6) is 0.498. The van der Waals surface area contributed by atoms with Crippen LogP contribution >= 0.6 is 11.6 Å². The quantitative estimate of drug-likeness (QED) is 0.509. The number of nitrogens with zero attached hydrogens (tertiary/aromatic N) is 6. The maximum Gasteiger partial charge on any atom is 0.263 e. The molecule has 2 atom stereocenters. The lowest BCUT2D eigenvalue weighted by Crippen LogP contribution is -2.39. The second-order valence-electron chi connectivity index (χ2n) is 7.89. The second-order valence-corrected chi connectivity index (χ2v) is 8.32. The van der Waals surface area contributed by atoms with Crippen molar-refractivity contribution in [1.29, 1.82) is 0 Å². The molecular formula is C22H19ClN6O4. The Kier molecular flexibility index (Phi) is 5.29. The van der Waals surface area contributed by atoms with Gasteiger partial charge in [-0.05, 0) is 56.3 Å². The highest BCUT2D eigenvalue weighted by Crippen LogP contribution is 2.33. The molecule has 0 spiro atoms. The van der Waals surface area contributed by atoms with Gasteiger partial charge in [0.05, 0.1) is 11.8 Å². The Balaban J connectivity index is 1.31. The number of carbonyl (C=O) groups excluding carboxylic acids is 2. The Hall–Kier alpha value is -3.79. The fourth-order valence-corrected chi connectivity index (χ4v) is 3.94. The van der Waals surface area contributed by atoms with E-state index in [0.717, 1.165) is 16.2 Å². The van der Waals surface area contributed by atoms with E-state index in [4.69, 9.17) is 20.9 Å². The lowest BCUT2D eigenvalue weighted by atomic mass is 10.1. The number of amides is 2. The third-order valence-corrected chi connectivity index (χ3v) is 5.41. The van der Waals surface area contributed by atoms with Gasteiger partial charge in [-0.1, -0.05) is 28.0 Å². The van der Waals surface area contributed by atoms with Crippen molar-refractivity contribution in [3.63, 3.8) is 0 Å². The molecular weight excluding hydrogens is 448 g/mol. The first-order chi connectivity index (χ1) is 15.9. The largest absolute Gasteiger partial charge is 0.491 e. The molecule has 10 nitrogen and oxygen atoms in total. The highest BCUT2D eigenvalue weighted by atomic mass is 35.5. The third kappa shape index (κ3) is 3.93. The summed E-state index contributed by atoms with van der Waals surface area (Å²) in [6, 6.07) is 12.1. The van der Waals surface area contributed by atoms with Crippen molar-refractivity contribution in [3.05, 3.63) is 59.4 Å². The minimum absolute atomic E-state index is 0.0363. The van der Waals surface area contributed by atoms with Crippen LogP contribution in [0.5, 0.6) is 5.75 Å². The van der Waals surface area contributed by atoms with Gasteiger partial charge in [-0.3, -0.25) is 14.6 Å². The van der Waals surface area contributed by atoms with E-state index < -0.39 is 23.9 Å². The van der Waals surface area contributed by atoms with Gasteiger partial charge in [0.25, 0.3) is 11.8 Å². The number of benzene rings is 2. The normalized spacial score (nSPS) is 19.6. The summed E-state index contributed by atoms with van der Waals surface area (Å²) in [6.07, 6.45) is 0.0751. The molecule has 11 heteroatoms. The van der Waals surface area contributed by atoms with Crippen LogP contribution in [0.15, 0.2) is 63.4 Å². The molecule has 2 aromatic carbocycles. The van der Waals surface area contributed by atoms with Gasteiger partial charge < -0.3 is 9.26 Å². The van der Waals surface area contributed by atoms with Crippen molar-refractivity contribution >= 4 is 29.1 Å². The highest BCUT2D eigenvalue weighted by Gasteiger charge is 2.55. The van der Waals surface area contributed by atoms with Gasteiger partial charge >= 0.3 is 0 Å². The zero-order valence-corrected chi connectivity index (χ0v) is 18.5. The van der Waals surface area contributed by atoms with Crippen molar-refractivity contribution in [2.45, 2.75) is 38.6 Å². The van der Waals surface area contributed by atoms with E-state index in [-0.39, 0.29) is 18.5 Å². The van der Waals surface area contributed by atoms with Crippen molar-refractivity contribution in [2.75, 3.05) is 4.90 Å². The van der Waals surface area contributed by atoms with Crippen molar-refractivity contribution < 1.29 is 18.8 Å². The maximum atomic E-state index is 13.1. The predicted molar refractivity (Wildman–Crippen MR) is 117 cm³/mol. The lowest BCUT2D eigenvalue weighted by molar-refractivity contribution is -0.123. The number of ether oxygens (including phenoxy) is 1. The number of hydrogen-bond acceptors (Lipinski definition) is 9. The van der Waals surface area contributed by atoms with Crippen LogP contribution in [-0.2, 0) is 16.1 Å². The topological polar surface area (TPSA) is 113 Å². The molecule has 0 radical (unpaired) electrons. The molecule has 1 fully saturated rings. The summed E-state index contributed by atoms with van der Waals surface area (Å²) in [5.41, 5.74) is 1.15. The van der Waals surface area contributed by atoms with Crippen LogP contribution in [-0.4, -0.2) is 45.2 Å². The Morgan fingerprint density at radius 2 is 1.91 bits per heavy atom. The summed E-state index contributed by atoms with van der Waals surface area (Å²) in [4.78, 5) is 31.4. The van der Waals surface area contributed by atoms with Gasteiger partial charge in [-0.2, -0.15) is 10.1 Å². The van der Waals surface area contributed by atoms with Gasteiger partial charge in [-0.15, -0.1) is 0 Å². The van der Waals surface area contributed by atoms with E-state index >= 15 is 0 Å². The molecule has 0 bridgehead atoms. The van der Waals surface area contributed by atoms with E-state index in [1.807, 2.05) is 38.1 Å². The van der Waals surface area contributed by atoms with Crippen LogP contribution < -0.4 is 9.64 Å². The Morgan fingerprint density at radius 1 is 1.12 bits per heavy atom. The number of aromatic nitrogens is 2. The first-order valence-electron chi connectivity index (χ1n) is 10.3. The van der Waals surface area contributed by atoms with Crippen LogP contribution in [0, 0.1) is 0 Å². The predicted octanol–water partition coefficient (Wildman–Crippen LogP) is 3.67. The molecule has 0 saturated carbocycles. The summed E-state index contributed by atoms with van der Waals surface area (Å²) in [7, 11) is 0. The number of rotatable bonds is 6. The van der Waals surface area contributed by atoms with E-state index in [0.29, 0.717) is 16.5 Å². The van der Waals surface area contributed by atoms with E-state index in [1.54, 1.807) is 24.3 Å². The molecule has 2 aliphatic rings. The number of anilines is 1. The van der Waals surface area contributed by atoms with Gasteiger partial charge in [0.15, 0.2) is 12.1 Å². The van der Waals surface area contributed by atoms with E-state index in [1.165, 1.54) is 5.01 Å². The number of halogens is 1. The van der Waals surface area contributed by atoms with Crippen LogP contribution in [0.1, 0.15) is 19.7 Å². The summed E-state index contributed by atoms with van der Waals surface area (Å²) < 4.78 is 11.0. The Labute approximate surface area is 193 Å². The molecule has 2 amide bonds. The fraction of sp³-hybridized carbons (Fsp3) is 0.273. The SMILES string of the molecule is CC(C)Oc1ccc(-c2noc(CN3N=N[C@@H]4C(=O)N(c5cccc(Cl)c5)C(=O)[C@@H]43)n2)cc1. The molecule has 33 heavy (non-hydrogen) atoms. The number of hydrogen-bond donors (Lipinski definition) is 0. The zero-order chi connectivity index (χ0) is 23.1. The first kappa shape index (κ1) is 21.1. The number of carbonyl (C=O) groups is 2. The minimum Gasteiger partial charge on any atom is -0.491 e. The number of fused-ring (bicyclic) bond motifs is 1. The van der Waals surface area contributed by atoms with Crippen LogP contribution in [0.4, 0.5) is 5.69 Å². The average molecular weight is 467 g/mol. The second kappa shape index (κ2) is 8.28. The molecule has 168 valence electrons. The molecule has 3 heterocycles. The number of imide groups is 1. The smallest absolute Gasteiger partial charge is 0.263 e. The van der Waals surface area contributed by atoms with Gasteiger partial charge in [0.1, 0.15) is 12.3 Å². The van der Waals surface area contributed by atoms with Gasteiger partial charge in [-0.25, -0.2) is 4.90 Å². The van der Waals surface area contributed by atoms with E-state index in [9.17, 15) is 9.59 Å². The zero-order valence-electron chi connectivity index (χ0n) is 17.8. The molecule has 1 aromatic heterocycles. The molecule has 5 rings (SSSR count). The Bertz CT molecular complexity index is 1240. The highest BCUT2D eigenvalue weighted by molar-refractivity contribution is 6.31. The molecule has 0 N–H and O–H groups in total. The van der Waals surface area contributed by atoms with Gasteiger partial charge in [0, 0.05) is 10.6 Å². The molecule has 0 aliphatic carbocycles. The molecule has 3 aromatic rings. The molecule has 1 saturated heterocycles. The lowest BCUT2D eigenvalue weighted by Gasteiger charge is -2.19. The third-order valence-electron chi connectivity index (χ3n) is 5.17. The van der Waals surface area contributed by atoms with Crippen molar-refractivity contribution in [3.8, 4) is 17.1 Å². The molecule has 2 aliphatic heterocycles. The average Bonchev–Trinajstić information content (AvgIpc) is 3.47. The van der Waals surface area contributed by atoms with Crippen molar-refractivity contribution in [2.24, 2.45) is 10.3 Å².